The highest BCUT2D eigenvalue weighted by atomic mass is 35.5. The third-order valence-corrected chi connectivity index (χ3v) is 2.93. The molecule has 0 fully saturated rings. The number of nitrogens with two attached hydrogens (primary N) is 1. The Bertz CT molecular complexity index is 336. The fourth-order valence-corrected chi connectivity index (χ4v) is 2.07. The van der Waals surface area contributed by atoms with E-state index in [2.05, 4.69) is 18.3 Å². The first-order chi connectivity index (χ1) is 6.20. The van der Waals surface area contributed by atoms with Crippen molar-refractivity contribution < 1.29 is 0 Å². The molecule has 1 aliphatic rings. The van der Waals surface area contributed by atoms with Crippen LogP contribution in [0.1, 0.15) is 24.1 Å². The molecule has 0 amide bonds. The van der Waals surface area contributed by atoms with E-state index < -0.39 is 0 Å². The molecule has 1 unspecified atom stereocenters. The molecule has 70 valence electrons. The summed E-state index contributed by atoms with van der Waals surface area (Å²) in [5.74, 6) is 0. The van der Waals surface area contributed by atoms with Gasteiger partial charge in [-0.2, -0.15) is 0 Å². The Morgan fingerprint density at radius 3 is 3.08 bits per heavy atom. The molecule has 0 bridgehead atoms. The molecule has 3 heteroatoms. The van der Waals surface area contributed by atoms with Crippen molar-refractivity contribution in [3.8, 4) is 0 Å². The molecule has 0 aromatic heterocycles. The first-order valence-corrected chi connectivity index (χ1v) is 4.88. The lowest BCUT2D eigenvalue weighted by molar-refractivity contribution is 0.543. The summed E-state index contributed by atoms with van der Waals surface area (Å²) >= 11 is 5.96. The Kier molecular flexibility index (Phi) is 2.18. The molecule has 1 aromatic carbocycles. The van der Waals surface area contributed by atoms with Crippen molar-refractivity contribution in [3.63, 3.8) is 0 Å². The molecular weight excluding hydrogens is 184 g/mol. The quantitative estimate of drug-likeness (QED) is 0.624. The van der Waals surface area contributed by atoms with Crippen LogP contribution in [0.2, 0.25) is 5.02 Å². The van der Waals surface area contributed by atoms with Crippen LogP contribution >= 0.6 is 11.6 Å². The lowest BCUT2D eigenvalue weighted by Gasteiger charge is -2.25. The number of hydrogen-bond donors (Lipinski definition) is 2. The second-order valence-corrected chi connectivity index (χ2v) is 3.87. The summed E-state index contributed by atoms with van der Waals surface area (Å²) in [7, 11) is 0. The molecule has 0 spiro atoms. The number of fused-ring (bicyclic) bond motifs is 1. The second-order valence-electron chi connectivity index (χ2n) is 3.46. The zero-order valence-corrected chi connectivity index (χ0v) is 8.36. The van der Waals surface area contributed by atoms with Crippen LogP contribution < -0.4 is 11.1 Å². The Morgan fingerprint density at radius 1 is 1.54 bits per heavy atom. The number of nitrogen functional groups attached to an aromatic ring is 1. The van der Waals surface area contributed by atoms with E-state index in [1.165, 1.54) is 11.1 Å². The van der Waals surface area contributed by atoms with Gasteiger partial charge in [0.1, 0.15) is 0 Å². The van der Waals surface area contributed by atoms with Gasteiger partial charge in [0.25, 0.3) is 0 Å². The molecule has 0 saturated heterocycles. The normalized spacial score (nSPS) is 21.2. The van der Waals surface area contributed by atoms with E-state index in [1.807, 2.05) is 6.07 Å². The number of benzene rings is 1. The van der Waals surface area contributed by atoms with Crippen LogP contribution in [0, 0.1) is 0 Å². The molecular formula is C10H13ClN2. The van der Waals surface area contributed by atoms with Crippen LogP contribution in [0.15, 0.2) is 12.1 Å². The van der Waals surface area contributed by atoms with E-state index in [0.717, 1.165) is 18.7 Å². The van der Waals surface area contributed by atoms with Crippen LogP contribution in [0.3, 0.4) is 0 Å². The molecule has 1 atom stereocenters. The first-order valence-electron chi connectivity index (χ1n) is 4.50. The van der Waals surface area contributed by atoms with E-state index in [4.69, 9.17) is 17.3 Å². The number of anilines is 1. The molecule has 0 saturated carbocycles. The van der Waals surface area contributed by atoms with E-state index in [0.29, 0.717) is 11.1 Å². The summed E-state index contributed by atoms with van der Waals surface area (Å²) < 4.78 is 0. The highest BCUT2D eigenvalue weighted by Crippen LogP contribution is 2.32. The van der Waals surface area contributed by atoms with Crippen molar-refractivity contribution in [2.45, 2.75) is 19.4 Å². The second kappa shape index (κ2) is 3.20. The van der Waals surface area contributed by atoms with Crippen molar-refractivity contribution in [3.05, 3.63) is 28.3 Å². The van der Waals surface area contributed by atoms with Crippen LogP contribution in [0.5, 0.6) is 0 Å². The fraction of sp³-hybridized carbons (Fsp3) is 0.400. The van der Waals surface area contributed by atoms with Crippen LogP contribution in [-0.4, -0.2) is 6.54 Å². The predicted molar refractivity (Wildman–Crippen MR) is 56.0 cm³/mol. The maximum Gasteiger partial charge on any atom is 0.0639 e. The maximum atomic E-state index is 5.96. The lowest BCUT2D eigenvalue weighted by Crippen LogP contribution is -2.28. The summed E-state index contributed by atoms with van der Waals surface area (Å²) in [6.45, 7) is 3.14. The zero-order valence-electron chi connectivity index (χ0n) is 7.60. The summed E-state index contributed by atoms with van der Waals surface area (Å²) in [4.78, 5) is 0. The Morgan fingerprint density at radius 2 is 2.31 bits per heavy atom. The molecule has 1 aliphatic heterocycles. The van der Waals surface area contributed by atoms with E-state index in [-0.39, 0.29) is 0 Å². The number of halogens is 1. The van der Waals surface area contributed by atoms with Gasteiger partial charge < -0.3 is 11.1 Å². The molecule has 1 aromatic rings. The Balaban J connectivity index is 2.58. The average molecular weight is 197 g/mol. The van der Waals surface area contributed by atoms with Crippen molar-refractivity contribution in [2.24, 2.45) is 0 Å². The van der Waals surface area contributed by atoms with E-state index >= 15 is 0 Å². The van der Waals surface area contributed by atoms with E-state index in [1.54, 1.807) is 0 Å². The minimum atomic E-state index is 0.322. The standard InChI is InChI=1S/C10H13ClN2/c1-6-9-7(4-5-13-6)2-3-8(11)10(9)12/h2-3,6,13H,4-5,12H2,1H3. The predicted octanol–water partition coefficient (Wildman–Crippen LogP) is 2.13. The number of hydrogen-bond acceptors (Lipinski definition) is 2. The van der Waals surface area contributed by atoms with Gasteiger partial charge in [-0.15, -0.1) is 0 Å². The Labute approximate surface area is 83.1 Å². The molecule has 0 aliphatic carbocycles. The minimum Gasteiger partial charge on any atom is -0.397 e. The fourth-order valence-electron chi connectivity index (χ4n) is 1.91. The molecule has 0 radical (unpaired) electrons. The molecule has 1 heterocycles. The lowest BCUT2D eigenvalue weighted by atomic mass is 9.94. The molecule has 2 rings (SSSR count). The third kappa shape index (κ3) is 1.40. The number of rotatable bonds is 0. The largest absolute Gasteiger partial charge is 0.397 e. The van der Waals surface area contributed by atoms with Crippen molar-refractivity contribution in [1.29, 1.82) is 0 Å². The molecule has 3 N–H and O–H groups in total. The van der Waals surface area contributed by atoms with Gasteiger partial charge in [0.05, 0.1) is 10.7 Å². The summed E-state index contributed by atoms with van der Waals surface area (Å²) in [6, 6.07) is 4.28. The zero-order chi connectivity index (χ0) is 9.42. The SMILES string of the molecule is CC1NCCc2ccc(Cl)c(N)c21. The van der Waals surface area contributed by atoms with Gasteiger partial charge in [-0.05, 0) is 37.1 Å². The van der Waals surface area contributed by atoms with Crippen LogP contribution in [-0.2, 0) is 6.42 Å². The van der Waals surface area contributed by atoms with Gasteiger partial charge in [0, 0.05) is 6.04 Å². The monoisotopic (exact) mass is 196 g/mol. The highest BCUT2D eigenvalue weighted by molar-refractivity contribution is 6.33. The average Bonchev–Trinajstić information content (AvgIpc) is 2.12. The smallest absolute Gasteiger partial charge is 0.0639 e. The van der Waals surface area contributed by atoms with Crippen molar-refractivity contribution >= 4 is 17.3 Å². The number of nitrogens with one attached hydrogen (secondary N) is 1. The summed E-state index contributed by atoms with van der Waals surface area (Å²) in [5.41, 5.74) is 9.16. The van der Waals surface area contributed by atoms with Crippen molar-refractivity contribution in [1.82, 2.24) is 5.32 Å². The van der Waals surface area contributed by atoms with Gasteiger partial charge in [0.15, 0.2) is 0 Å². The van der Waals surface area contributed by atoms with Gasteiger partial charge >= 0.3 is 0 Å². The third-order valence-electron chi connectivity index (χ3n) is 2.60. The van der Waals surface area contributed by atoms with Gasteiger partial charge in [-0.25, -0.2) is 0 Å². The summed E-state index contributed by atoms with van der Waals surface area (Å²) in [5, 5.41) is 4.03. The van der Waals surface area contributed by atoms with Crippen LogP contribution in [0.4, 0.5) is 5.69 Å². The first kappa shape index (κ1) is 8.85. The van der Waals surface area contributed by atoms with E-state index in [9.17, 15) is 0 Å². The van der Waals surface area contributed by atoms with Gasteiger partial charge in [-0.3, -0.25) is 0 Å². The topological polar surface area (TPSA) is 38.0 Å². The van der Waals surface area contributed by atoms with Gasteiger partial charge in [0.2, 0.25) is 0 Å². The maximum absolute atomic E-state index is 5.96. The highest BCUT2D eigenvalue weighted by Gasteiger charge is 2.19. The van der Waals surface area contributed by atoms with Crippen molar-refractivity contribution in [2.75, 3.05) is 12.3 Å². The minimum absolute atomic E-state index is 0.322. The van der Waals surface area contributed by atoms with Crippen LogP contribution in [0.25, 0.3) is 0 Å². The molecule has 2 nitrogen and oxygen atoms in total. The molecule has 13 heavy (non-hydrogen) atoms. The Hall–Kier alpha value is -0.730. The van der Waals surface area contributed by atoms with Gasteiger partial charge in [-0.1, -0.05) is 17.7 Å². The summed E-state index contributed by atoms with van der Waals surface area (Å²) in [6.07, 6.45) is 1.04.